The van der Waals surface area contributed by atoms with Crippen molar-refractivity contribution in [2.45, 2.75) is 31.8 Å². The molecule has 3 aromatic rings. The summed E-state index contributed by atoms with van der Waals surface area (Å²) in [4.78, 5) is 11.4. The SMILES string of the molecule is CC(=O)OC(C)(c1nn(-c2c(Cl)cc(C(F)(F)F)cc2Cl)c2ccccc12)C(F)(F)F. The lowest BCUT2D eigenvalue weighted by Gasteiger charge is -2.29. The number of alkyl halides is 6. The Morgan fingerprint density at radius 3 is 2.06 bits per heavy atom. The Labute approximate surface area is 181 Å². The third kappa shape index (κ3) is 4.06. The van der Waals surface area contributed by atoms with Gasteiger partial charge >= 0.3 is 18.3 Å². The molecule has 0 radical (unpaired) electrons. The maximum Gasteiger partial charge on any atom is 0.434 e. The number of benzene rings is 2. The van der Waals surface area contributed by atoms with Crippen LogP contribution in [-0.4, -0.2) is 21.9 Å². The number of halogens is 8. The Morgan fingerprint density at radius 1 is 1.03 bits per heavy atom. The molecule has 1 unspecified atom stereocenters. The third-order valence-corrected chi connectivity index (χ3v) is 5.06. The minimum Gasteiger partial charge on any atom is -0.443 e. The van der Waals surface area contributed by atoms with E-state index in [4.69, 9.17) is 23.2 Å². The van der Waals surface area contributed by atoms with Crippen LogP contribution < -0.4 is 0 Å². The van der Waals surface area contributed by atoms with Crippen LogP contribution in [0.5, 0.6) is 0 Å². The molecule has 2 aromatic carbocycles. The van der Waals surface area contributed by atoms with Gasteiger partial charge in [0.2, 0.25) is 5.60 Å². The van der Waals surface area contributed by atoms with Crippen LogP contribution in [0.25, 0.3) is 16.6 Å². The molecule has 1 atom stereocenters. The predicted molar refractivity (Wildman–Crippen MR) is 101 cm³/mol. The van der Waals surface area contributed by atoms with Crippen LogP contribution in [0, 0.1) is 0 Å². The topological polar surface area (TPSA) is 44.1 Å². The monoisotopic (exact) mass is 484 g/mol. The van der Waals surface area contributed by atoms with Gasteiger partial charge in [-0.05, 0) is 25.1 Å². The van der Waals surface area contributed by atoms with Crippen molar-refractivity contribution < 1.29 is 35.9 Å². The zero-order valence-electron chi connectivity index (χ0n) is 15.7. The summed E-state index contributed by atoms with van der Waals surface area (Å²) in [5.41, 5.74) is -5.16. The Balaban J connectivity index is 2.35. The van der Waals surface area contributed by atoms with Gasteiger partial charge < -0.3 is 4.74 Å². The van der Waals surface area contributed by atoms with E-state index in [1.54, 1.807) is 0 Å². The first-order valence-electron chi connectivity index (χ1n) is 8.48. The van der Waals surface area contributed by atoms with Gasteiger partial charge in [-0.3, -0.25) is 4.79 Å². The van der Waals surface area contributed by atoms with Crippen LogP contribution in [-0.2, 0) is 21.3 Å². The largest absolute Gasteiger partial charge is 0.443 e. The molecule has 31 heavy (non-hydrogen) atoms. The first-order chi connectivity index (χ1) is 14.2. The maximum atomic E-state index is 13.9. The molecule has 1 aromatic heterocycles. The Hall–Kier alpha value is -2.46. The number of para-hydroxylation sites is 1. The number of carbonyl (C=O) groups excluding carboxylic acids is 1. The lowest BCUT2D eigenvalue weighted by molar-refractivity contribution is -0.269. The Kier molecular flexibility index (Phi) is 5.69. The summed E-state index contributed by atoms with van der Waals surface area (Å²) in [5.74, 6) is -1.20. The van der Waals surface area contributed by atoms with Crippen molar-refractivity contribution in [1.29, 1.82) is 0 Å². The van der Waals surface area contributed by atoms with Crippen molar-refractivity contribution in [2.75, 3.05) is 0 Å². The Morgan fingerprint density at radius 2 is 1.58 bits per heavy atom. The molecular weight excluding hydrogens is 473 g/mol. The Bertz CT molecular complexity index is 1150. The summed E-state index contributed by atoms with van der Waals surface area (Å²) < 4.78 is 86.4. The van der Waals surface area contributed by atoms with Crippen LogP contribution in [0.2, 0.25) is 10.0 Å². The molecule has 0 fully saturated rings. The fourth-order valence-electron chi connectivity index (χ4n) is 3.05. The highest BCUT2D eigenvalue weighted by atomic mass is 35.5. The summed E-state index contributed by atoms with van der Waals surface area (Å²) >= 11 is 12.0. The average molecular weight is 485 g/mol. The highest BCUT2D eigenvalue weighted by Crippen LogP contribution is 2.45. The van der Waals surface area contributed by atoms with E-state index in [1.165, 1.54) is 24.3 Å². The quantitative estimate of drug-likeness (QED) is 0.307. The van der Waals surface area contributed by atoms with E-state index in [9.17, 15) is 31.1 Å². The predicted octanol–water partition coefficient (Wildman–Crippen LogP) is 6.69. The second-order valence-corrected chi connectivity index (χ2v) is 7.50. The summed E-state index contributed by atoms with van der Waals surface area (Å²) in [5, 5.41) is 2.90. The average Bonchev–Trinajstić information content (AvgIpc) is 2.99. The minimum atomic E-state index is -5.06. The third-order valence-electron chi connectivity index (χ3n) is 4.48. The zero-order valence-corrected chi connectivity index (χ0v) is 17.2. The molecule has 0 saturated carbocycles. The van der Waals surface area contributed by atoms with Crippen LogP contribution in [0.3, 0.4) is 0 Å². The van der Waals surface area contributed by atoms with E-state index in [0.29, 0.717) is 19.1 Å². The van der Waals surface area contributed by atoms with E-state index in [-0.39, 0.29) is 16.6 Å². The second-order valence-electron chi connectivity index (χ2n) is 6.69. The smallest absolute Gasteiger partial charge is 0.434 e. The van der Waals surface area contributed by atoms with Gasteiger partial charge in [-0.15, -0.1) is 0 Å². The number of ether oxygens (including phenoxy) is 1. The number of aromatic nitrogens is 2. The van der Waals surface area contributed by atoms with Gasteiger partial charge in [0.1, 0.15) is 11.4 Å². The summed E-state index contributed by atoms with van der Waals surface area (Å²) in [6, 6.07) is 6.77. The summed E-state index contributed by atoms with van der Waals surface area (Å²) in [6.07, 6.45) is -9.80. The maximum absolute atomic E-state index is 13.9. The minimum absolute atomic E-state index is 0.0590. The molecule has 0 spiro atoms. The highest BCUT2D eigenvalue weighted by Gasteiger charge is 2.58. The molecule has 3 rings (SSSR count). The van der Waals surface area contributed by atoms with Gasteiger partial charge in [0.25, 0.3) is 0 Å². The second kappa shape index (κ2) is 7.59. The number of hydrogen-bond donors (Lipinski definition) is 0. The van der Waals surface area contributed by atoms with E-state index in [1.807, 2.05) is 0 Å². The molecule has 0 N–H and O–H groups in total. The van der Waals surface area contributed by atoms with Crippen LogP contribution in [0.4, 0.5) is 26.3 Å². The fourth-order valence-corrected chi connectivity index (χ4v) is 3.70. The van der Waals surface area contributed by atoms with Gasteiger partial charge in [-0.1, -0.05) is 41.4 Å². The van der Waals surface area contributed by atoms with Gasteiger partial charge in [-0.25, -0.2) is 4.68 Å². The van der Waals surface area contributed by atoms with Gasteiger partial charge in [0.15, 0.2) is 0 Å². The number of rotatable bonds is 3. The molecule has 4 nitrogen and oxygen atoms in total. The van der Waals surface area contributed by atoms with Crippen molar-refractivity contribution in [1.82, 2.24) is 9.78 Å². The number of carbonyl (C=O) groups is 1. The van der Waals surface area contributed by atoms with Crippen LogP contribution in [0.1, 0.15) is 25.1 Å². The van der Waals surface area contributed by atoms with E-state index in [2.05, 4.69) is 9.84 Å². The van der Waals surface area contributed by atoms with Crippen molar-refractivity contribution in [3.05, 3.63) is 57.7 Å². The molecular formula is C19H12Cl2F6N2O2. The zero-order chi connectivity index (χ0) is 23.4. The van der Waals surface area contributed by atoms with Crippen LogP contribution in [0.15, 0.2) is 36.4 Å². The van der Waals surface area contributed by atoms with Crippen LogP contribution >= 0.6 is 23.2 Å². The van der Waals surface area contributed by atoms with Gasteiger partial charge in [0, 0.05) is 12.3 Å². The van der Waals surface area contributed by atoms with Gasteiger partial charge in [-0.2, -0.15) is 31.4 Å². The number of esters is 1. The normalized spacial score (nSPS) is 14.5. The molecule has 166 valence electrons. The fraction of sp³-hybridized carbons (Fsp3) is 0.263. The standard InChI is InChI=1S/C19H12Cl2F6N2O2/c1-9(30)31-17(2,19(25,26)27)16-11-5-3-4-6-14(11)29(28-16)15-12(20)7-10(8-13(15)21)18(22,23)24/h3-8H,1-2H3. The molecule has 1 heterocycles. The molecule has 0 amide bonds. The van der Waals surface area contributed by atoms with E-state index >= 15 is 0 Å². The number of nitrogens with zero attached hydrogens (tertiary/aromatic N) is 2. The molecule has 0 aliphatic rings. The first-order valence-corrected chi connectivity index (χ1v) is 9.23. The van der Waals surface area contributed by atoms with Crippen molar-refractivity contribution >= 4 is 40.1 Å². The molecule has 0 saturated heterocycles. The highest BCUT2D eigenvalue weighted by molar-refractivity contribution is 6.38. The molecule has 0 bridgehead atoms. The number of hydrogen-bond acceptors (Lipinski definition) is 3. The summed E-state index contributed by atoms with van der Waals surface area (Å²) in [7, 11) is 0. The first kappa shape index (κ1) is 23.2. The van der Waals surface area contributed by atoms with E-state index < -0.39 is 45.2 Å². The molecule has 0 aliphatic heterocycles. The van der Waals surface area contributed by atoms with Crippen molar-refractivity contribution in [2.24, 2.45) is 0 Å². The summed E-state index contributed by atoms with van der Waals surface area (Å²) in [6.45, 7) is 1.44. The van der Waals surface area contributed by atoms with Gasteiger partial charge in [0.05, 0.1) is 21.1 Å². The van der Waals surface area contributed by atoms with E-state index in [0.717, 1.165) is 11.6 Å². The lowest BCUT2D eigenvalue weighted by atomic mass is 9.98. The lowest BCUT2D eigenvalue weighted by Crippen LogP contribution is -2.43. The molecule has 12 heteroatoms. The molecule has 0 aliphatic carbocycles. The number of fused-ring (bicyclic) bond motifs is 1. The van der Waals surface area contributed by atoms with Crippen molar-refractivity contribution in [3.63, 3.8) is 0 Å². The van der Waals surface area contributed by atoms with Crippen molar-refractivity contribution in [3.8, 4) is 5.69 Å².